The van der Waals surface area contributed by atoms with Gasteiger partial charge >= 0.3 is 0 Å². The molecule has 8 heteroatoms. The Hall–Kier alpha value is -2.54. The minimum atomic E-state index is -3.52. The van der Waals surface area contributed by atoms with Gasteiger partial charge in [0.05, 0.1) is 29.1 Å². The number of nitrogens with zero attached hydrogens (tertiary/aromatic N) is 1. The Morgan fingerprint density at radius 1 is 0.968 bits per heavy atom. The molecule has 1 N–H and O–H groups in total. The van der Waals surface area contributed by atoms with Gasteiger partial charge in [0.1, 0.15) is 0 Å². The first-order valence-electron chi connectivity index (χ1n) is 9.45. The molecule has 3 aromatic carbocycles. The van der Waals surface area contributed by atoms with Crippen molar-refractivity contribution in [1.82, 2.24) is 0 Å². The van der Waals surface area contributed by atoms with Crippen LogP contribution >= 0.6 is 23.2 Å². The van der Waals surface area contributed by atoms with E-state index in [0.29, 0.717) is 16.4 Å². The second kappa shape index (κ2) is 9.30. The van der Waals surface area contributed by atoms with Crippen molar-refractivity contribution in [3.05, 3.63) is 93.0 Å². The molecular formula is C23H22Cl2N2O3S. The van der Waals surface area contributed by atoms with Gasteiger partial charge in [0.25, 0.3) is 5.91 Å². The van der Waals surface area contributed by atoms with Crippen molar-refractivity contribution >= 4 is 50.5 Å². The minimum absolute atomic E-state index is 0.128. The lowest BCUT2D eigenvalue weighted by molar-refractivity contribution is 0.102. The molecule has 0 fully saturated rings. The Bertz CT molecular complexity index is 1240. The molecule has 0 unspecified atom stereocenters. The first-order chi connectivity index (χ1) is 14.5. The predicted molar refractivity (Wildman–Crippen MR) is 128 cm³/mol. The smallest absolute Gasteiger partial charge is 0.257 e. The fourth-order valence-corrected chi connectivity index (χ4v) is 4.32. The van der Waals surface area contributed by atoms with Crippen LogP contribution < -0.4 is 9.62 Å². The Kier molecular flexibility index (Phi) is 6.94. The number of carbonyl (C=O) groups excluding carboxylic acids is 1. The Morgan fingerprint density at radius 2 is 1.71 bits per heavy atom. The van der Waals surface area contributed by atoms with E-state index in [1.807, 2.05) is 26.0 Å². The van der Waals surface area contributed by atoms with Crippen LogP contribution in [-0.2, 0) is 16.6 Å². The highest BCUT2D eigenvalue weighted by molar-refractivity contribution is 7.92. The molecule has 162 valence electrons. The number of nitrogens with one attached hydrogen (secondary N) is 1. The number of hydrogen-bond donors (Lipinski definition) is 1. The summed E-state index contributed by atoms with van der Waals surface area (Å²) in [4.78, 5) is 12.6. The molecule has 0 aromatic heterocycles. The number of anilines is 2. The Balaban J connectivity index is 1.86. The van der Waals surface area contributed by atoms with Crippen LogP contribution in [0.15, 0.2) is 60.7 Å². The molecule has 0 atom stereocenters. The van der Waals surface area contributed by atoms with Crippen LogP contribution in [0.4, 0.5) is 11.4 Å². The highest BCUT2D eigenvalue weighted by atomic mass is 35.5. The molecule has 0 saturated carbocycles. The molecule has 1 amide bonds. The second-order valence-corrected chi connectivity index (χ2v) is 10.1. The Labute approximate surface area is 192 Å². The summed E-state index contributed by atoms with van der Waals surface area (Å²) in [6, 6.07) is 17.2. The number of hydrogen-bond acceptors (Lipinski definition) is 3. The predicted octanol–water partition coefficient (Wildman–Crippen LogP) is 5.83. The Morgan fingerprint density at radius 3 is 2.39 bits per heavy atom. The molecule has 0 radical (unpaired) electrons. The van der Waals surface area contributed by atoms with E-state index in [2.05, 4.69) is 5.32 Å². The van der Waals surface area contributed by atoms with Crippen LogP contribution in [0, 0.1) is 13.8 Å². The van der Waals surface area contributed by atoms with E-state index in [4.69, 9.17) is 23.2 Å². The quantitative estimate of drug-likeness (QED) is 0.486. The van der Waals surface area contributed by atoms with E-state index in [1.165, 1.54) is 16.6 Å². The lowest BCUT2D eigenvalue weighted by Gasteiger charge is -2.23. The number of aryl methyl sites for hydroxylation is 2. The number of halogens is 2. The van der Waals surface area contributed by atoms with Gasteiger partial charge in [-0.3, -0.25) is 9.10 Å². The molecule has 0 heterocycles. The number of rotatable bonds is 6. The van der Waals surface area contributed by atoms with Crippen molar-refractivity contribution in [3.8, 4) is 0 Å². The summed E-state index contributed by atoms with van der Waals surface area (Å²) in [5.74, 6) is -0.404. The van der Waals surface area contributed by atoms with Crippen LogP contribution in [0.2, 0.25) is 10.0 Å². The first kappa shape index (κ1) is 23.1. The fourth-order valence-electron chi connectivity index (χ4n) is 3.06. The largest absolute Gasteiger partial charge is 0.322 e. The number of sulfonamides is 1. The van der Waals surface area contributed by atoms with Gasteiger partial charge in [-0.15, -0.1) is 0 Å². The van der Waals surface area contributed by atoms with Crippen molar-refractivity contribution in [2.24, 2.45) is 0 Å². The zero-order valence-corrected chi connectivity index (χ0v) is 19.6. The summed E-state index contributed by atoms with van der Waals surface area (Å²) >= 11 is 12.1. The lowest BCUT2D eigenvalue weighted by atomic mass is 10.1. The van der Waals surface area contributed by atoms with Gasteiger partial charge in [-0.2, -0.15) is 0 Å². The molecule has 3 rings (SSSR count). The van der Waals surface area contributed by atoms with Gasteiger partial charge in [0, 0.05) is 10.7 Å². The average Bonchev–Trinajstić information content (AvgIpc) is 2.69. The van der Waals surface area contributed by atoms with Crippen molar-refractivity contribution in [1.29, 1.82) is 0 Å². The third-order valence-corrected chi connectivity index (χ3v) is 6.57. The highest BCUT2D eigenvalue weighted by Gasteiger charge is 2.19. The standard InChI is InChI=1S/C23H22Cl2N2O3S/c1-15-7-9-20(11-16(15)2)27(31(3,29)30)14-17-5-4-6-19(12-17)26-23(28)21-13-18(24)8-10-22(21)25/h4-13H,14H2,1-3H3,(H,26,28). The summed E-state index contributed by atoms with van der Waals surface area (Å²) in [5.41, 5.74) is 4.18. The fraction of sp³-hybridized carbons (Fsp3) is 0.174. The molecule has 0 aliphatic heterocycles. The summed E-state index contributed by atoms with van der Waals surface area (Å²) in [6.07, 6.45) is 1.18. The van der Waals surface area contributed by atoms with E-state index in [-0.39, 0.29) is 17.1 Å². The SMILES string of the molecule is Cc1ccc(N(Cc2cccc(NC(=O)c3cc(Cl)ccc3Cl)c2)S(C)(=O)=O)cc1C. The molecule has 0 bridgehead atoms. The van der Waals surface area contributed by atoms with Crippen molar-refractivity contribution in [2.75, 3.05) is 15.9 Å². The lowest BCUT2D eigenvalue weighted by Crippen LogP contribution is -2.29. The van der Waals surface area contributed by atoms with E-state index < -0.39 is 15.9 Å². The van der Waals surface area contributed by atoms with Gasteiger partial charge < -0.3 is 5.32 Å². The zero-order valence-electron chi connectivity index (χ0n) is 17.3. The van der Waals surface area contributed by atoms with Crippen LogP contribution in [0.3, 0.4) is 0 Å². The summed E-state index contributed by atoms with van der Waals surface area (Å²) < 4.78 is 26.3. The molecule has 0 aliphatic carbocycles. The van der Waals surface area contributed by atoms with Crippen LogP contribution in [-0.4, -0.2) is 20.6 Å². The van der Waals surface area contributed by atoms with E-state index in [9.17, 15) is 13.2 Å². The maximum atomic E-state index is 12.6. The maximum Gasteiger partial charge on any atom is 0.257 e. The second-order valence-electron chi connectivity index (χ2n) is 7.32. The van der Waals surface area contributed by atoms with Gasteiger partial charge in [0.15, 0.2) is 0 Å². The van der Waals surface area contributed by atoms with E-state index >= 15 is 0 Å². The van der Waals surface area contributed by atoms with E-state index in [1.54, 1.807) is 42.5 Å². The van der Waals surface area contributed by atoms with Crippen LogP contribution in [0.5, 0.6) is 0 Å². The molecular weight excluding hydrogens is 455 g/mol. The topological polar surface area (TPSA) is 66.5 Å². The monoisotopic (exact) mass is 476 g/mol. The average molecular weight is 477 g/mol. The van der Waals surface area contributed by atoms with Crippen LogP contribution in [0.25, 0.3) is 0 Å². The summed E-state index contributed by atoms with van der Waals surface area (Å²) in [6.45, 7) is 4.04. The molecule has 31 heavy (non-hydrogen) atoms. The van der Waals surface area contributed by atoms with Crippen molar-refractivity contribution in [2.45, 2.75) is 20.4 Å². The summed E-state index contributed by atoms with van der Waals surface area (Å²) in [7, 11) is -3.52. The van der Waals surface area contributed by atoms with Gasteiger partial charge in [-0.05, 0) is 73.0 Å². The molecule has 0 saturated heterocycles. The van der Waals surface area contributed by atoms with E-state index in [0.717, 1.165) is 16.7 Å². The highest BCUT2D eigenvalue weighted by Crippen LogP contribution is 2.25. The van der Waals surface area contributed by atoms with Gasteiger partial charge in [-0.25, -0.2) is 8.42 Å². The summed E-state index contributed by atoms with van der Waals surface area (Å²) in [5, 5.41) is 3.48. The third kappa shape index (κ3) is 5.79. The molecule has 3 aromatic rings. The zero-order chi connectivity index (χ0) is 22.8. The minimum Gasteiger partial charge on any atom is -0.322 e. The van der Waals surface area contributed by atoms with Crippen LogP contribution in [0.1, 0.15) is 27.0 Å². The number of benzene rings is 3. The molecule has 5 nitrogen and oxygen atoms in total. The molecule has 0 aliphatic rings. The first-order valence-corrected chi connectivity index (χ1v) is 12.1. The van der Waals surface area contributed by atoms with Crippen molar-refractivity contribution < 1.29 is 13.2 Å². The van der Waals surface area contributed by atoms with Gasteiger partial charge in [-0.1, -0.05) is 41.4 Å². The normalized spacial score (nSPS) is 11.3. The number of amides is 1. The van der Waals surface area contributed by atoms with Gasteiger partial charge in [0.2, 0.25) is 10.0 Å². The molecule has 0 spiro atoms. The van der Waals surface area contributed by atoms with Crippen molar-refractivity contribution in [3.63, 3.8) is 0 Å². The maximum absolute atomic E-state index is 12.6. The third-order valence-electron chi connectivity index (χ3n) is 4.86. The number of carbonyl (C=O) groups is 1.